The van der Waals surface area contributed by atoms with Crippen LogP contribution >= 0.6 is 0 Å². The summed E-state index contributed by atoms with van der Waals surface area (Å²) in [6.45, 7) is 7.42. The molecule has 10 fully saturated rings. The lowest BCUT2D eigenvalue weighted by molar-refractivity contribution is -0.403. The van der Waals surface area contributed by atoms with Gasteiger partial charge in [0.15, 0.2) is 30.9 Å². The number of fused-ring (bicyclic) bond motifs is 7. The van der Waals surface area contributed by atoms with Gasteiger partial charge in [0, 0.05) is 12.3 Å². The van der Waals surface area contributed by atoms with E-state index in [-0.39, 0.29) is 23.0 Å². The minimum Gasteiger partial charge on any atom is -0.394 e. The van der Waals surface area contributed by atoms with Crippen LogP contribution < -0.4 is 0 Å². The molecule has 4 aliphatic carbocycles. The maximum absolute atomic E-state index is 11.8. The Morgan fingerprint density at radius 1 is 0.514 bits per heavy atom. The van der Waals surface area contributed by atoms with Crippen molar-refractivity contribution >= 4 is 0 Å². The van der Waals surface area contributed by atoms with Gasteiger partial charge in [-0.2, -0.15) is 0 Å². The summed E-state index contributed by atoms with van der Waals surface area (Å²) in [4.78, 5) is 0. The smallest absolute Gasteiger partial charge is 0.187 e. The number of aliphatic hydroxyl groups is 12. The van der Waals surface area contributed by atoms with Gasteiger partial charge in [-0.3, -0.25) is 0 Å². The van der Waals surface area contributed by atoms with Crippen LogP contribution in [-0.2, 0) is 47.4 Å². The lowest BCUT2D eigenvalue weighted by Gasteiger charge is -2.61. The van der Waals surface area contributed by atoms with Gasteiger partial charge in [-0.15, -0.1) is 0 Å². The molecule has 0 aromatic rings. The number of rotatable bonds is 11. The Kier molecular flexibility index (Phi) is 15.9. The molecule has 6 heterocycles. The number of hydrogen-bond donors (Lipinski definition) is 12. The van der Waals surface area contributed by atoms with Gasteiger partial charge in [0.05, 0.1) is 45.2 Å². The molecule has 6 aliphatic heterocycles. The second kappa shape index (κ2) is 21.1. The van der Waals surface area contributed by atoms with Crippen LogP contribution in [0.2, 0.25) is 0 Å². The first-order valence-corrected chi connectivity index (χ1v) is 26.7. The van der Waals surface area contributed by atoms with Crippen LogP contribution in [0.3, 0.4) is 0 Å². The normalized spacial score (nSPS) is 57.8. The second-order valence-corrected chi connectivity index (χ2v) is 23.9. The zero-order valence-electron chi connectivity index (χ0n) is 41.7. The Morgan fingerprint density at radius 3 is 1.85 bits per heavy atom. The summed E-state index contributed by atoms with van der Waals surface area (Å²) >= 11 is 0. The SMILES string of the molecule is C[C@@H]1CC[C@@]2(OC1)O[C@H]1C[C@@H]3[C@H]4CC[C@H]5C[C@H](O[C@@H]6O[C@H](CO)[C@H](O[C@@H]7O[C@H](CO)[C@@H](O)[C@H](O[C@@H]8O[C@H](CO)[C@@H](O)[C@H](O)[C@H]8O)[C@H]7O[C@@H]7OC[C@@H](O)[C@H](O)[C@H]7O)[C@H](O)[C@H]6O)CC[C@]5(C)[C@@H]4CC[C@]3(C)[C@@H]1[C@@H]2C. The van der Waals surface area contributed by atoms with E-state index in [4.69, 9.17) is 47.4 Å². The average molecular weight is 1040 g/mol. The monoisotopic (exact) mass is 1030 g/mol. The number of aliphatic hydroxyl groups excluding tert-OH is 12. The maximum atomic E-state index is 11.8. The first-order chi connectivity index (χ1) is 34.3. The molecule has 414 valence electrons. The Morgan fingerprint density at radius 2 is 1.14 bits per heavy atom. The Bertz CT molecular complexity index is 1830. The highest BCUT2D eigenvalue weighted by atomic mass is 16.8. The predicted molar refractivity (Wildman–Crippen MR) is 242 cm³/mol. The third kappa shape index (κ3) is 9.26. The van der Waals surface area contributed by atoms with Gasteiger partial charge in [-0.05, 0) is 104 Å². The van der Waals surface area contributed by atoms with E-state index in [2.05, 4.69) is 27.7 Å². The molecule has 22 nitrogen and oxygen atoms in total. The van der Waals surface area contributed by atoms with Crippen LogP contribution in [0.1, 0.15) is 91.9 Å². The molecule has 31 atom stereocenters. The molecule has 10 rings (SSSR count). The van der Waals surface area contributed by atoms with E-state index in [1.807, 2.05) is 0 Å². The molecule has 10 aliphatic rings. The van der Waals surface area contributed by atoms with E-state index in [1.54, 1.807) is 0 Å². The van der Waals surface area contributed by atoms with Gasteiger partial charge in [-0.1, -0.05) is 27.7 Å². The van der Waals surface area contributed by atoms with Gasteiger partial charge in [-0.25, -0.2) is 0 Å². The van der Waals surface area contributed by atoms with Crippen LogP contribution in [0.25, 0.3) is 0 Å². The molecule has 1 spiro atoms. The van der Waals surface area contributed by atoms with Crippen molar-refractivity contribution in [2.45, 2.75) is 227 Å². The molecule has 0 bridgehead atoms. The van der Waals surface area contributed by atoms with Crippen LogP contribution in [0.4, 0.5) is 0 Å². The van der Waals surface area contributed by atoms with Gasteiger partial charge in [0.1, 0.15) is 91.6 Å². The molecule has 0 aromatic heterocycles. The van der Waals surface area contributed by atoms with Gasteiger partial charge in [0.2, 0.25) is 0 Å². The molecule has 6 saturated heterocycles. The Labute approximate surface area is 419 Å². The third-order valence-electron chi connectivity index (χ3n) is 20.0. The summed E-state index contributed by atoms with van der Waals surface area (Å²) in [6.07, 6.45) is -22.8. The molecule has 0 radical (unpaired) electrons. The van der Waals surface area contributed by atoms with Crippen LogP contribution in [0.15, 0.2) is 0 Å². The van der Waals surface area contributed by atoms with E-state index < -0.39 is 149 Å². The Hall–Kier alpha value is -0.880. The van der Waals surface area contributed by atoms with E-state index in [9.17, 15) is 61.3 Å². The fourth-order valence-electron chi connectivity index (χ4n) is 15.9. The topological polar surface area (TPSA) is 335 Å². The molecule has 12 N–H and O–H groups in total. The first kappa shape index (κ1) is 54.5. The highest BCUT2D eigenvalue weighted by Gasteiger charge is 2.69. The molecule has 0 amide bonds. The van der Waals surface area contributed by atoms with Gasteiger partial charge in [0.25, 0.3) is 0 Å². The minimum absolute atomic E-state index is 0.0931. The van der Waals surface area contributed by atoms with Crippen LogP contribution in [0.5, 0.6) is 0 Å². The average Bonchev–Trinajstić information content (AvgIpc) is 3.82. The fourth-order valence-corrected chi connectivity index (χ4v) is 15.9. The number of hydrogen-bond acceptors (Lipinski definition) is 22. The van der Waals surface area contributed by atoms with Crippen LogP contribution in [0, 0.1) is 52.3 Å². The van der Waals surface area contributed by atoms with Crippen molar-refractivity contribution in [3.8, 4) is 0 Å². The molecular formula is C50H82O22. The summed E-state index contributed by atoms with van der Waals surface area (Å²) in [5.41, 5.74) is 0.295. The maximum Gasteiger partial charge on any atom is 0.187 e. The van der Waals surface area contributed by atoms with Crippen molar-refractivity contribution in [3.63, 3.8) is 0 Å². The van der Waals surface area contributed by atoms with Crippen molar-refractivity contribution < 1.29 is 109 Å². The summed E-state index contributed by atoms with van der Waals surface area (Å²) in [7, 11) is 0. The van der Waals surface area contributed by atoms with Crippen molar-refractivity contribution in [3.05, 3.63) is 0 Å². The summed E-state index contributed by atoms with van der Waals surface area (Å²) in [5.74, 6) is 3.07. The summed E-state index contributed by atoms with van der Waals surface area (Å²) < 4.78 is 61.4. The fraction of sp³-hybridized carbons (Fsp3) is 1.00. The minimum atomic E-state index is -1.98. The lowest BCUT2D eigenvalue weighted by atomic mass is 9.44. The number of ether oxygens (including phenoxy) is 10. The summed E-state index contributed by atoms with van der Waals surface area (Å²) in [5, 5.41) is 129. The molecule has 0 unspecified atom stereocenters. The van der Waals surface area contributed by atoms with Crippen molar-refractivity contribution in [1.82, 2.24) is 0 Å². The van der Waals surface area contributed by atoms with E-state index in [0.29, 0.717) is 47.8 Å². The molecule has 4 saturated carbocycles. The van der Waals surface area contributed by atoms with E-state index >= 15 is 0 Å². The van der Waals surface area contributed by atoms with Crippen molar-refractivity contribution in [2.75, 3.05) is 33.0 Å². The zero-order chi connectivity index (χ0) is 51.3. The molecule has 0 aromatic carbocycles. The van der Waals surface area contributed by atoms with Crippen molar-refractivity contribution in [1.29, 1.82) is 0 Å². The first-order valence-electron chi connectivity index (χ1n) is 26.7. The molecule has 22 heteroatoms. The van der Waals surface area contributed by atoms with Crippen LogP contribution in [-0.4, -0.2) is 229 Å². The largest absolute Gasteiger partial charge is 0.394 e. The van der Waals surface area contributed by atoms with Gasteiger partial charge >= 0.3 is 0 Å². The lowest BCUT2D eigenvalue weighted by Crippen LogP contribution is -2.68. The van der Waals surface area contributed by atoms with Gasteiger partial charge < -0.3 is 109 Å². The van der Waals surface area contributed by atoms with E-state index in [0.717, 1.165) is 51.6 Å². The highest BCUT2D eigenvalue weighted by Crippen LogP contribution is 2.71. The Balaban J connectivity index is 0.810. The third-order valence-corrected chi connectivity index (χ3v) is 20.0. The quantitative estimate of drug-likeness (QED) is 0.0971. The molecular weight excluding hydrogens is 953 g/mol. The predicted octanol–water partition coefficient (Wildman–Crippen LogP) is -2.27. The zero-order valence-corrected chi connectivity index (χ0v) is 41.7. The summed E-state index contributed by atoms with van der Waals surface area (Å²) in [6, 6.07) is 0. The van der Waals surface area contributed by atoms with E-state index in [1.165, 1.54) is 12.8 Å². The second-order valence-electron chi connectivity index (χ2n) is 23.9. The van der Waals surface area contributed by atoms with Crippen molar-refractivity contribution in [2.24, 2.45) is 52.3 Å². The highest BCUT2D eigenvalue weighted by molar-refractivity contribution is 5.15. The molecule has 72 heavy (non-hydrogen) atoms. The standard InChI is InChI=1S/C50H82O22/c1-20-7-12-50(64-18-20)21(2)32-28(72-50)14-26-24-6-5-22-13-23(8-10-48(22,3)25(24)9-11-49(26,32)4)65-45-40(62)37(59)41(31(17-53)68-45)69-47-43(71-44-38(60)33(55)27(54)19-63-44)42(35(57)30(16-52)67-47)70-46-39(61)36(58)34(56)29(15-51)66-46/h20-47,51-62H,5-19H2,1-4H3/t20-,21+,22+,23-,24+,25-,26-,27-,28+,29-,30-,31-,32-,33+,34-,35-,36+,37-,38-,39-,40-,41+,42+,43-,44+,45-,46+,47+,48+,49+,50-/m1/s1.